The van der Waals surface area contributed by atoms with Crippen LogP contribution in [0.25, 0.3) is 0 Å². The van der Waals surface area contributed by atoms with Crippen LogP contribution in [0.3, 0.4) is 0 Å². The molecule has 1 aromatic heterocycles. The fourth-order valence-corrected chi connectivity index (χ4v) is 3.60. The summed E-state index contributed by atoms with van der Waals surface area (Å²) in [4.78, 5) is 0. The Morgan fingerprint density at radius 3 is 2.85 bits per heavy atom. The van der Waals surface area contributed by atoms with E-state index in [0.29, 0.717) is 38.0 Å². The van der Waals surface area contributed by atoms with E-state index in [1.54, 1.807) is 0 Å². The molecule has 26 heavy (non-hydrogen) atoms. The van der Waals surface area contributed by atoms with Gasteiger partial charge in [0.1, 0.15) is 11.9 Å². The first-order chi connectivity index (χ1) is 12.3. The molecule has 0 bridgehead atoms. The van der Waals surface area contributed by atoms with E-state index in [9.17, 15) is 8.42 Å². The van der Waals surface area contributed by atoms with Crippen LogP contribution in [0, 0.1) is 13.8 Å². The summed E-state index contributed by atoms with van der Waals surface area (Å²) in [5, 5.41) is 7.99. The van der Waals surface area contributed by atoms with Gasteiger partial charge in [0, 0.05) is 13.1 Å². The summed E-state index contributed by atoms with van der Waals surface area (Å²) in [7, 11) is -3.27. The lowest BCUT2D eigenvalue weighted by Crippen LogP contribution is -2.41. The first-order valence-corrected chi connectivity index (χ1v) is 10.3. The maximum absolute atomic E-state index is 11.7. The molecular weight excluding hydrogens is 358 g/mol. The zero-order valence-electron chi connectivity index (χ0n) is 15.1. The normalized spacial score (nSPS) is 18.8. The molecule has 1 unspecified atom stereocenters. The summed E-state index contributed by atoms with van der Waals surface area (Å²) >= 11 is 0. The molecule has 0 spiro atoms. The molecule has 1 aromatic carbocycles. The Morgan fingerprint density at radius 2 is 2.12 bits per heavy atom. The van der Waals surface area contributed by atoms with Crippen molar-refractivity contribution in [3.8, 4) is 5.75 Å². The van der Waals surface area contributed by atoms with Gasteiger partial charge in [0.25, 0.3) is 0 Å². The monoisotopic (exact) mass is 381 g/mol. The molecule has 1 aliphatic heterocycles. The van der Waals surface area contributed by atoms with Crippen molar-refractivity contribution in [3.63, 3.8) is 0 Å². The molecule has 1 aliphatic rings. The third-order valence-corrected chi connectivity index (χ3v) is 5.43. The highest BCUT2D eigenvalue weighted by Gasteiger charge is 2.30. The second kappa shape index (κ2) is 7.73. The number of sulfonamides is 1. The number of aromatic nitrogens is 2. The zero-order chi connectivity index (χ0) is 18.7. The third-order valence-electron chi connectivity index (χ3n) is 4.16. The van der Waals surface area contributed by atoms with Gasteiger partial charge in [-0.1, -0.05) is 17.7 Å². The van der Waals surface area contributed by atoms with Crippen LogP contribution in [-0.2, 0) is 21.2 Å². The lowest BCUT2D eigenvalue weighted by atomic mass is 10.1. The van der Waals surface area contributed by atoms with E-state index in [0.717, 1.165) is 11.3 Å². The quantitative estimate of drug-likeness (QED) is 0.751. The zero-order valence-corrected chi connectivity index (χ0v) is 16.0. The molecule has 0 saturated carbocycles. The topological polar surface area (TPSA) is 94.8 Å². The van der Waals surface area contributed by atoms with Crippen molar-refractivity contribution < 1.29 is 22.3 Å². The maximum atomic E-state index is 11.7. The van der Waals surface area contributed by atoms with E-state index >= 15 is 0 Å². The SMILES string of the molecule is Cc1ccc(OCCc2nnc(C3CN(S(C)(=O)=O)CCO3)o2)c(C)c1. The van der Waals surface area contributed by atoms with Gasteiger partial charge in [0.2, 0.25) is 21.8 Å². The van der Waals surface area contributed by atoms with Crippen LogP contribution < -0.4 is 4.74 Å². The van der Waals surface area contributed by atoms with Crippen molar-refractivity contribution in [2.24, 2.45) is 0 Å². The molecule has 1 atom stereocenters. The van der Waals surface area contributed by atoms with Gasteiger partial charge in [-0.05, 0) is 25.5 Å². The van der Waals surface area contributed by atoms with Crippen LogP contribution in [0.2, 0.25) is 0 Å². The molecule has 0 radical (unpaired) electrons. The molecule has 1 saturated heterocycles. The molecule has 0 N–H and O–H groups in total. The highest BCUT2D eigenvalue weighted by atomic mass is 32.2. The van der Waals surface area contributed by atoms with Crippen LogP contribution in [-0.4, -0.2) is 55.5 Å². The first kappa shape index (κ1) is 18.8. The van der Waals surface area contributed by atoms with Gasteiger partial charge >= 0.3 is 0 Å². The molecule has 0 aliphatic carbocycles. The van der Waals surface area contributed by atoms with Gasteiger partial charge < -0.3 is 13.9 Å². The van der Waals surface area contributed by atoms with Crippen molar-refractivity contribution >= 4 is 10.0 Å². The minimum absolute atomic E-state index is 0.180. The van der Waals surface area contributed by atoms with Crippen molar-refractivity contribution in [1.82, 2.24) is 14.5 Å². The molecule has 0 amide bonds. The van der Waals surface area contributed by atoms with Crippen molar-refractivity contribution in [2.75, 3.05) is 32.6 Å². The lowest BCUT2D eigenvalue weighted by molar-refractivity contribution is -0.0176. The van der Waals surface area contributed by atoms with Crippen molar-refractivity contribution in [3.05, 3.63) is 41.1 Å². The summed E-state index contributed by atoms with van der Waals surface area (Å²) in [5.74, 6) is 1.56. The molecule has 1 fully saturated rings. The summed E-state index contributed by atoms with van der Waals surface area (Å²) in [5.41, 5.74) is 2.26. The van der Waals surface area contributed by atoms with E-state index in [-0.39, 0.29) is 6.54 Å². The van der Waals surface area contributed by atoms with Crippen LogP contribution in [0.4, 0.5) is 0 Å². The highest BCUT2D eigenvalue weighted by Crippen LogP contribution is 2.23. The average molecular weight is 381 g/mol. The predicted octanol–water partition coefficient (Wildman–Crippen LogP) is 1.64. The van der Waals surface area contributed by atoms with Gasteiger partial charge in [0.15, 0.2) is 0 Å². The first-order valence-electron chi connectivity index (χ1n) is 8.42. The smallest absolute Gasteiger partial charge is 0.246 e. The van der Waals surface area contributed by atoms with Gasteiger partial charge in [-0.15, -0.1) is 10.2 Å². The van der Waals surface area contributed by atoms with Gasteiger partial charge in [-0.25, -0.2) is 8.42 Å². The summed E-state index contributed by atoms with van der Waals surface area (Å²) in [6.45, 7) is 5.26. The van der Waals surface area contributed by atoms with Crippen LogP contribution in [0.1, 0.15) is 29.0 Å². The van der Waals surface area contributed by atoms with Crippen molar-refractivity contribution in [1.29, 1.82) is 0 Å². The van der Waals surface area contributed by atoms with E-state index < -0.39 is 16.1 Å². The number of ether oxygens (including phenoxy) is 2. The minimum Gasteiger partial charge on any atom is -0.493 e. The van der Waals surface area contributed by atoms with E-state index in [1.165, 1.54) is 16.1 Å². The Hall–Kier alpha value is -1.97. The largest absolute Gasteiger partial charge is 0.493 e. The molecule has 2 heterocycles. The summed E-state index contributed by atoms with van der Waals surface area (Å²) in [6.07, 6.45) is 1.10. The maximum Gasteiger partial charge on any atom is 0.246 e. The van der Waals surface area contributed by atoms with Crippen LogP contribution in [0.5, 0.6) is 5.75 Å². The summed E-state index contributed by atoms with van der Waals surface area (Å²) < 4.78 is 41.7. The molecule has 9 heteroatoms. The Morgan fingerprint density at radius 1 is 1.31 bits per heavy atom. The van der Waals surface area contributed by atoms with Crippen molar-refractivity contribution in [2.45, 2.75) is 26.4 Å². The lowest BCUT2D eigenvalue weighted by Gasteiger charge is -2.29. The standard InChI is InChI=1S/C17H23N3O5S/c1-12-4-5-14(13(2)10-12)23-8-6-16-18-19-17(25-16)15-11-20(7-9-24-15)26(3,21)22/h4-5,10,15H,6-9,11H2,1-3H3. The van der Waals surface area contributed by atoms with E-state index in [4.69, 9.17) is 13.9 Å². The highest BCUT2D eigenvalue weighted by molar-refractivity contribution is 7.88. The third kappa shape index (κ3) is 4.60. The summed E-state index contributed by atoms with van der Waals surface area (Å²) in [6, 6.07) is 6.01. The number of nitrogens with zero attached hydrogens (tertiary/aromatic N) is 3. The van der Waals surface area contributed by atoms with Gasteiger partial charge in [0.05, 0.1) is 25.9 Å². The van der Waals surface area contributed by atoms with Gasteiger partial charge in [-0.3, -0.25) is 0 Å². The molecular formula is C17H23N3O5S. The molecule has 3 rings (SSSR count). The number of benzene rings is 1. The van der Waals surface area contributed by atoms with Crippen LogP contribution >= 0.6 is 0 Å². The Labute approximate surface area is 153 Å². The average Bonchev–Trinajstić information content (AvgIpc) is 3.05. The van der Waals surface area contributed by atoms with E-state index in [1.807, 2.05) is 26.0 Å². The second-order valence-electron chi connectivity index (χ2n) is 6.38. The second-order valence-corrected chi connectivity index (χ2v) is 8.36. The predicted molar refractivity (Wildman–Crippen MR) is 94.5 cm³/mol. The Bertz CT molecular complexity index is 865. The molecule has 8 nitrogen and oxygen atoms in total. The molecule has 2 aromatic rings. The number of aryl methyl sites for hydroxylation is 2. The molecule has 142 valence electrons. The fourth-order valence-electron chi connectivity index (χ4n) is 2.78. The number of rotatable bonds is 6. The number of morpholine rings is 1. The number of hydrogen-bond acceptors (Lipinski definition) is 7. The minimum atomic E-state index is -3.27. The Balaban J connectivity index is 1.56. The fraction of sp³-hybridized carbons (Fsp3) is 0.529. The Kier molecular flexibility index (Phi) is 5.59. The number of hydrogen-bond donors (Lipinski definition) is 0. The van der Waals surface area contributed by atoms with Crippen LogP contribution in [0.15, 0.2) is 22.6 Å². The van der Waals surface area contributed by atoms with E-state index in [2.05, 4.69) is 16.3 Å². The van der Waals surface area contributed by atoms with Gasteiger partial charge in [-0.2, -0.15) is 4.31 Å².